The number of esters is 1. The number of hydrogen-bond donors (Lipinski definition) is 3. The predicted molar refractivity (Wildman–Crippen MR) is 116 cm³/mol. The Morgan fingerprint density at radius 2 is 1.87 bits per heavy atom. The van der Waals surface area contributed by atoms with Crippen LogP contribution >= 0.6 is 0 Å². The van der Waals surface area contributed by atoms with Crippen LogP contribution in [-0.2, 0) is 20.8 Å². The molecule has 3 N–H and O–H groups in total. The van der Waals surface area contributed by atoms with E-state index in [9.17, 15) is 14.4 Å². The van der Waals surface area contributed by atoms with Crippen LogP contribution in [0.2, 0.25) is 0 Å². The molecule has 0 saturated carbocycles. The average Bonchev–Trinajstić information content (AvgIpc) is 3.09. The van der Waals surface area contributed by atoms with Crippen LogP contribution in [0.15, 0.2) is 24.3 Å². The molecule has 31 heavy (non-hydrogen) atoms. The van der Waals surface area contributed by atoms with Gasteiger partial charge in [0, 0.05) is 36.2 Å². The molecule has 0 radical (unpaired) electrons. The van der Waals surface area contributed by atoms with E-state index in [1.54, 1.807) is 25.7 Å². The fourth-order valence-electron chi connectivity index (χ4n) is 3.70. The third kappa shape index (κ3) is 5.48. The highest BCUT2D eigenvalue weighted by molar-refractivity contribution is 5.92. The molecule has 0 bridgehead atoms. The first-order valence-corrected chi connectivity index (χ1v) is 10.4. The van der Waals surface area contributed by atoms with E-state index in [0.717, 1.165) is 22.2 Å². The van der Waals surface area contributed by atoms with Crippen molar-refractivity contribution in [2.75, 3.05) is 26.7 Å². The molecule has 9 heteroatoms. The van der Waals surface area contributed by atoms with Gasteiger partial charge in [0.1, 0.15) is 11.5 Å². The molecular weight excluding hydrogens is 400 g/mol. The minimum Gasteiger partial charge on any atom is -0.468 e. The molecule has 0 saturated heterocycles. The number of aromatic nitrogens is 1. The summed E-state index contributed by atoms with van der Waals surface area (Å²) in [6, 6.07) is 7.50. The van der Waals surface area contributed by atoms with Crippen molar-refractivity contribution in [2.45, 2.75) is 45.3 Å². The summed E-state index contributed by atoms with van der Waals surface area (Å²) in [7, 11) is 1.35. The average molecular weight is 431 g/mol. The van der Waals surface area contributed by atoms with Gasteiger partial charge in [0.05, 0.1) is 13.7 Å². The molecule has 1 aromatic heterocycles. The van der Waals surface area contributed by atoms with E-state index in [1.807, 2.05) is 24.3 Å². The molecule has 1 aliphatic rings. The van der Waals surface area contributed by atoms with Gasteiger partial charge in [-0.25, -0.2) is 9.59 Å². The number of hydrogen-bond acceptors (Lipinski definition) is 5. The Kier molecular flexibility index (Phi) is 6.72. The van der Waals surface area contributed by atoms with Gasteiger partial charge in [0.25, 0.3) is 0 Å². The minimum atomic E-state index is -0.551. The third-order valence-electron chi connectivity index (χ3n) is 5.00. The molecule has 1 atom stereocenters. The summed E-state index contributed by atoms with van der Waals surface area (Å²) in [5.74, 6) is -0.922. The number of nitrogens with zero attached hydrogens (tertiary/aromatic N) is 1. The van der Waals surface area contributed by atoms with Crippen LogP contribution in [0.5, 0.6) is 0 Å². The Morgan fingerprint density at radius 3 is 2.58 bits per heavy atom. The van der Waals surface area contributed by atoms with Crippen molar-refractivity contribution < 1.29 is 23.9 Å². The maximum atomic E-state index is 12.7. The summed E-state index contributed by atoms with van der Waals surface area (Å²) < 4.78 is 10.2. The van der Waals surface area contributed by atoms with Gasteiger partial charge in [-0.15, -0.1) is 0 Å². The first-order chi connectivity index (χ1) is 14.7. The number of ether oxygens (including phenoxy) is 2. The van der Waals surface area contributed by atoms with E-state index in [2.05, 4.69) is 15.6 Å². The van der Waals surface area contributed by atoms with Gasteiger partial charge in [-0.3, -0.25) is 4.79 Å². The van der Waals surface area contributed by atoms with Gasteiger partial charge < -0.3 is 30.0 Å². The molecule has 0 fully saturated rings. The molecule has 168 valence electrons. The first kappa shape index (κ1) is 22.5. The van der Waals surface area contributed by atoms with Crippen LogP contribution in [0, 0.1) is 0 Å². The molecule has 1 unspecified atom stereocenters. The second-order valence-corrected chi connectivity index (χ2v) is 8.53. The van der Waals surface area contributed by atoms with Crippen molar-refractivity contribution in [3.05, 3.63) is 35.5 Å². The lowest BCUT2D eigenvalue weighted by Gasteiger charge is -2.31. The Labute approximate surface area is 181 Å². The second kappa shape index (κ2) is 9.28. The van der Waals surface area contributed by atoms with Crippen LogP contribution < -0.4 is 10.6 Å². The van der Waals surface area contributed by atoms with E-state index in [4.69, 9.17) is 9.47 Å². The van der Waals surface area contributed by atoms with Gasteiger partial charge in [0.2, 0.25) is 0 Å². The van der Waals surface area contributed by atoms with Crippen LogP contribution in [0.4, 0.5) is 9.59 Å². The number of H-pyrrole nitrogens is 1. The molecule has 9 nitrogen and oxygen atoms in total. The number of amides is 3. The quantitative estimate of drug-likeness (QED) is 0.499. The Balaban J connectivity index is 1.57. The number of carbonyl (C=O) groups is 3. The van der Waals surface area contributed by atoms with E-state index in [1.165, 1.54) is 7.11 Å². The van der Waals surface area contributed by atoms with Crippen molar-refractivity contribution in [1.82, 2.24) is 20.5 Å². The van der Waals surface area contributed by atoms with Gasteiger partial charge in [-0.05, 0) is 38.8 Å². The summed E-state index contributed by atoms with van der Waals surface area (Å²) >= 11 is 0. The van der Waals surface area contributed by atoms with Gasteiger partial charge >= 0.3 is 18.1 Å². The number of rotatable bonds is 5. The van der Waals surface area contributed by atoms with E-state index < -0.39 is 17.6 Å². The fourth-order valence-corrected chi connectivity index (χ4v) is 3.70. The SMILES string of the molecule is COC(=O)C1CN(C(=O)NCCCNC(=O)OC(C)(C)C)Cc2[nH]c3ccccc3c21. The maximum Gasteiger partial charge on any atom is 0.407 e. The fraction of sp³-hybridized carbons (Fsp3) is 0.500. The van der Waals surface area contributed by atoms with Crippen molar-refractivity contribution >= 4 is 29.0 Å². The van der Waals surface area contributed by atoms with E-state index in [-0.39, 0.29) is 18.5 Å². The minimum absolute atomic E-state index is 0.240. The summed E-state index contributed by atoms with van der Waals surface area (Å²) in [6.45, 7) is 6.77. The Hall–Kier alpha value is -3.23. The second-order valence-electron chi connectivity index (χ2n) is 8.53. The summed E-state index contributed by atoms with van der Waals surface area (Å²) in [5, 5.41) is 6.48. The number of methoxy groups -OCH3 is 1. The highest BCUT2D eigenvalue weighted by atomic mass is 16.6. The smallest absolute Gasteiger partial charge is 0.407 e. The number of alkyl carbamates (subject to hydrolysis) is 1. The van der Waals surface area contributed by atoms with E-state index >= 15 is 0 Å². The third-order valence-corrected chi connectivity index (χ3v) is 5.00. The lowest BCUT2D eigenvalue weighted by molar-refractivity contribution is -0.143. The molecule has 1 aromatic carbocycles. The highest BCUT2D eigenvalue weighted by Gasteiger charge is 2.36. The zero-order valence-corrected chi connectivity index (χ0v) is 18.4. The number of fused-ring (bicyclic) bond motifs is 3. The molecule has 3 amide bonds. The number of aromatic amines is 1. The molecule has 3 rings (SSSR count). The van der Waals surface area contributed by atoms with Crippen molar-refractivity contribution in [1.29, 1.82) is 0 Å². The van der Waals surface area contributed by atoms with Crippen molar-refractivity contribution in [2.24, 2.45) is 0 Å². The number of para-hydroxylation sites is 1. The molecule has 0 aliphatic carbocycles. The number of benzene rings is 1. The number of urea groups is 1. The maximum absolute atomic E-state index is 12.7. The number of nitrogens with one attached hydrogen (secondary N) is 3. The van der Waals surface area contributed by atoms with Gasteiger partial charge in [-0.1, -0.05) is 18.2 Å². The van der Waals surface area contributed by atoms with E-state index in [0.29, 0.717) is 26.1 Å². The summed E-state index contributed by atoms with van der Waals surface area (Å²) in [6.07, 6.45) is 0.0683. The van der Waals surface area contributed by atoms with Gasteiger partial charge in [-0.2, -0.15) is 0 Å². The summed E-state index contributed by atoms with van der Waals surface area (Å²) in [4.78, 5) is 41.7. The largest absolute Gasteiger partial charge is 0.468 e. The molecule has 2 aromatic rings. The molecule has 2 heterocycles. The lowest BCUT2D eigenvalue weighted by Crippen LogP contribution is -2.46. The monoisotopic (exact) mass is 430 g/mol. The van der Waals surface area contributed by atoms with Crippen molar-refractivity contribution in [3.63, 3.8) is 0 Å². The standard InChI is InChI=1S/C22H30N4O5/c1-22(2,3)31-21(29)24-11-7-10-23-20(28)26-12-15(19(27)30-4)18-14-8-5-6-9-16(14)25-17(18)13-26/h5-6,8-9,15,25H,7,10-13H2,1-4H3,(H,23,28)(H,24,29). The lowest BCUT2D eigenvalue weighted by atomic mass is 9.92. The first-order valence-electron chi connectivity index (χ1n) is 10.4. The van der Waals surface area contributed by atoms with Crippen LogP contribution in [0.1, 0.15) is 44.4 Å². The molecule has 0 spiro atoms. The van der Waals surface area contributed by atoms with Crippen LogP contribution in [0.3, 0.4) is 0 Å². The predicted octanol–water partition coefficient (Wildman–Crippen LogP) is 2.86. The Morgan fingerprint density at radius 1 is 1.16 bits per heavy atom. The highest BCUT2D eigenvalue weighted by Crippen LogP contribution is 2.35. The molecule has 1 aliphatic heterocycles. The number of carbonyl (C=O) groups excluding carboxylic acids is 3. The topological polar surface area (TPSA) is 113 Å². The van der Waals surface area contributed by atoms with Crippen LogP contribution in [-0.4, -0.2) is 60.3 Å². The van der Waals surface area contributed by atoms with Crippen molar-refractivity contribution in [3.8, 4) is 0 Å². The summed E-state index contributed by atoms with van der Waals surface area (Å²) in [5.41, 5.74) is 2.11. The molecular formula is C22H30N4O5. The zero-order valence-electron chi connectivity index (χ0n) is 18.4. The Bertz CT molecular complexity index is 962. The zero-order chi connectivity index (χ0) is 22.6. The van der Waals surface area contributed by atoms with Crippen LogP contribution in [0.25, 0.3) is 10.9 Å². The van der Waals surface area contributed by atoms with Gasteiger partial charge in [0.15, 0.2) is 0 Å². The normalized spacial score (nSPS) is 15.9.